The Balaban J connectivity index is 1.61. The van der Waals surface area contributed by atoms with Gasteiger partial charge in [0.1, 0.15) is 23.1 Å². The second-order valence-electron chi connectivity index (χ2n) is 6.05. The van der Waals surface area contributed by atoms with Gasteiger partial charge in [0.2, 0.25) is 4.77 Å². The van der Waals surface area contributed by atoms with Crippen LogP contribution in [0.3, 0.4) is 0 Å². The van der Waals surface area contributed by atoms with E-state index in [-0.39, 0.29) is 5.82 Å². The van der Waals surface area contributed by atoms with Crippen LogP contribution in [0.5, 0.6) is 5.75 Å². The van der Waals surface area contributed by atoms with Crippen LogP contribution in [0.25, 0.3) is 22.7 Å². The van der Waals surface area contributed by atoms with Crippen molar-refractivity contribution in [3.63, 3.8) is 0 Å². The zero-order valence-corrected chi connectivity index (χ0v) is 16.3. The highest BCUT2D eigenvalue weighted by atomic mass is 32.1. The lowest BCUT2D eigenvalue weighted by molar-refractivity contribution is 0.340. The summed E-state index contributed by atoms with van der Waals surface area (Å²) in [6.07, 6.45) is 1.51. The molecule has 0 radical (unpaired) electrons. The number of hydrogen-bond acceptors (Lipinski definition) is 5. The standard InChI is InChI=1S/C21H17FN4O2S/c1-2-27-15-9-7-14(8-10-15)20-24-25-21(29)26(20)23-13-16-11-12-19(28-16)17-5-3-4-6-18(17)22/h3-13H,2H2,1H3,(H,25,29)/b23-13-. The average Bonchev–Trinajstić information content (AvgIpc) is 3.34. The molecule has 2 heterocycles. The van der Waals surface area contributed by atoms with Crippen molar-refractivity contribution in [3.8, 4) is 28.5 Å². The van der Waals surface area contributed by atoms with E-state index < -0.39 is 0 Å². The molecule has 0 saturated carbocycles. The van der Waals surface area contributed by atoms with Crippen molar-refractivity contribution in [2.45, 2.75) is 6.92 Å². The van der Waals surface area contributed by atoms with Gasteiger partial charge >= 0.3 is 0 Å². The van der Waals surface area contributed by atoms with Crippen LogP contribution in [0.15, 0.2) is 70.2 Å². The third-order valence-corrected chi connectivity index (χ3v) is 4.40. The summed E-state index contributed by atoms with van der Waals surface area (Å²) in [4.78, 5) is 0. The molecule has 0 saturated heterocycles. The first-order chi connectivity index (χ1) is 14.2. The number of hydrogen-bond donors (Lipinski definition) is 1. The molecule has 0 aliphatic rings. The number of H-pyrrole nitrogens is 1. The van der Waals surface area contributed by atoms with E-state index in [1.165, 1.54) is 17.0 Å². The van der Waals surface area contributed by atoms with Gasteiger partial charge in [0.15, 0.2) is 5.82 Å². The number of aromatic nitrogens is 3. The van der Waals surface area contributed by atoms with Gasteiger partial charge in [-0.25, -0.2) is 9.49 Å². The smallest absolute Gasteiger partial charge is 0.216 e. The molecule has 2 aromatic carbocycles. The van der Waals surface area contributed by atoms with Crippen LogP contribution in [0.1, 0.15) is 12.7 Å². The first-order valence-corrected chi connectivity index (χ1v) is 9.36. The minimum atomic E-state index is -0.347. The molecule has 0 spiro atoms. The minimum absolute atomic E-state index is 0.339. The molecule has 0 amide bonds. The summed E-state index contributed by atoms with van der Waals surface area (Å²) >= 11 is 5.28. The SMILES string of the molecule is CCOc1ccc(-c2n[nH]c(=S)n2/N=C\c2ccc(-c3ccccc3F)o2)cc1. The summed E-state index contributed by atoms with van der Waals surface area (Å²) in [5.41, 5.74) is 1.21. The lowest BCUT2D eigenvalue weighted by atomic mass is 10.1. The van der Waals surface area contributed by atoms with E-state index in [0.29, 0.717) is 34.3 Å². The van der Waals surface area contributed by atoms with E-state index >= 15 is 0 Å². The molecule has 6 nitrogen and oxygen atoms in total. The summed E-state index contributed by atoms with van der Waals surface area (Å²) < 4.78 is 26.9. The highest BCUT2D eigenvalue weighted by Crippen LogP contribution is 2.25. The van der Waals surface area contributed by atoms with Crippen molar-refractivity contribution in [1.29, 1.82) is 0 Å². The van der Waals surface area contributed by atoms with Crippen LogP contribution in [0.4, 0.5) is 4.39 Å². The number of benzene rings is 2. The predicted molar refractivity (Wildman–Crippen MR) is 111 cm³/mol. The van der Waals surface area contributed by atoms with Gasteiger partial charge in [-0.1, -0.05) is 12.1 Å². The van der Waals surface area contributed by atoms with E-state index in [0.717, 1.165) is 11.3 Å². The van der Waals surface area contributed by atoms with Gasteiger partial charge < -0.3 is 9.15 Å². The van der Waals surface area contributed by atoms with Crippen LogP contribution < -0.4 is 4.74 Å². The van der Waals surface area contributed by atoms with Gasteiger partial charge in [-0.05, 0) is 67.7 Å². The zero-order chi connectivity index (χ0) is 20.2. The molecule has 2 aromatic heterocycles. The van der Waals surface area contributed by atoms with Crippen LogP contribution in [-0.2, 0) is 0 Å². The van der Waals surface area contributed by atoms with Gasteiger partial charge in [-0.3, -0.25) is 0 Å². The van der Waals surface area contributed by atoms with Crippen molar-refractivity contribution < 1.29 is 13.5 Å². The molecule has 0 bridgehead atoms. The fraction of sp³-hybridized carbons (Fsp3) is 0.0952. The molecule has 4 aromatic rings. The maximum atomic E-state index is 13.9. The van der Waals surface area contributed by atoms with Crippen molar-refractivity contribution in [2.75, 3.05) is 6.61 Å². The number of furan rings is 1. The Kier molecular flexibility index (Phi) is 5.35. The Morgan fingerprint density at radius 2 is 1.97 bits per heavy atom. The molecule has 29 heavy (non-hydrogen) atoms. The lowest BCUT2D eigenvalue weighted by Crippen LogP contribution is -1.95. The van der Waals surface area contributed by atoms with Crippen LogP contribution in [0, 0.1) is 10.6 Å². The molecule has 0 aliphatic heterocycles. The molecular formula is C21H17FN4O2S. The summed E-state index contributed by atoms with van der Waals surface area (Å²) in [7, 11) is 0. The molecule has 0 unspecified atom stereocenters. The topological polar surface area (TPSA) is 68.3 Å². The van der Waals surface area contributed by atoms with Crippen molar-refractivity contribution >= 4 is 18.4 Å². The van der Waals surface area contributed by atoms with Gasteiger partial charge in [0, 0.05) is 5.56 Å². The van der Waals surface area contributed by atoms with E-state index in [2.05, 4.69) is 15.3 Å². The van der Waals surface area contributed by atoms with Gasteiger partial charge in [0.25, 0.3) is 0 Å². The Labute approximate surface area is 171 Å². The zero-order valence-electron chi connectivity index (χ0n) is 15.5. The summed E-state index contributed by atoms with van der Waals surface area (Å²) in [5, 5.41) is 11.4. The van der Waals surface area contributed by atoms with Gasteiger partial charge in [0.05, 0.1) is 18.4 Å². The molecule has 4 rings (SSSR count). The fourth-order valence-corrected chi connectivity index (χ4v) is 2.97. The maximum absolute atomic E-state index is 13.9. The lowest BCUT2D eigenvalue weighted by Gasteiger charge is -2.04. The predicted octanol–water partition coefficient (Wildman–Crippen LogP) is 5.29. The van der Waals surface area contributed by atoms with E-state index in [1.54, 1.807) is 30.3 Å². The third kappa shape index (κ3) is 4.02. The molecule has 0 atom stereocenters. The molecule has 146 valence electrons. The maximum Gasteiger partial charge on any atom is 0.216 e. The summed E-state index contributed by atoms with van der Waals surface area (Å²) in [6.45, 7) is 2.53. The first kappa shape index (κ1) is 18.8. The average molecular weight is 408 g/mol. The monoisotopic (exact) mass is 408 g/mol. The van der Waals surface area contributed by atoms with Crippen molar-refractivity contribution in [2.24, 2.45) is 5.10 Å². The first-order valence-electron chi connectivity index (χ1n) is 8.95. The van der Waals surface area contributed by atoms with Crippen molar-refractivity contribution in [1.82, 2.24) is 14.9 Å². The second kappa shape index (κ2) is 8.24. The van der Waals surface area contributed by atoms with E-state index in [1.807, 2.05) is 31.2 Å². The second-order valence-corrected chi connectivity index (χ2v) is 6.43. The quantitative estimate of drug-likeness (QED) is 0.348. The summed E-state index contributed by atoms with van der Waals surface area (Å²) in [6, 6.07) is 17.3. The van der Waals surface area contributed by atoms with Crippen LogP contribution in [-0.4, -0.2) is 27.7 Å². The van der Waals surface area contributed by atoms with Crippen LogP contribution >= 0.6 is 12.2 Å². The summed E-state index contributed by atoms with van der Waals surface area (Å²) in [5.74, 6) is 1.86. The number of nitrogens with zero attached hydrogens (tertiary/aromatic N) is 3. The van der Waals surface area contributed by atoms with Gasteiger partial charge in [-0.2, -0.15) is 14.9 Å². The highest BCUT2D eigenvalue weighted by molar-refractivity contribution is 7.71. The molecule has 1 N–H and O–H groups in total. The third-order valence-electron chi connectivity index (χ3n) is 4.14. The van der Waals surface area contributed by atoms with Crippen LogP contribution in [0.2, 0.25) is 0 Å². The largest absolute Gasteiger partial charge is 0.494 e. The fourth-order valence-electron chi connectivity index (χ4n) is 2.80. The van der Waals surface area contributed by atoms with Gasteiger partial charge in [-0.15, -0.1) is 0 Å². The number of halogens is 1. The number of aromatic amines is 1. The number of rotatable bonds is 6. The Morgan fingerprint density at radius 1 is 1.17 bits per heavy atom. The normalized spacial score (nSPS) is 11.2. The molecular weight excluding hydrogens is 391 g/mol. The number of nitrogens with one attached hydrogen (secondary N) is 1. The van der Waals surface area contributed by atoms with Crippen molar-refractivity contribution in [3.05, 3.63) is 77.0 Å². The minimum Gasteiger partial charge on any atom is -0.494 e. The Hall–Kier alpha value is -3.52. The molecule has 0 aliphatic carbocycles. The highest BCUT2D eigenvalue weighted by Gasteiger charge is 2.10. The molecule has 8 heteroatoms. The van der Waals surface area contributed by atoms with E-state index in [4.69, 9.17) is 21.4 Å². The Morgan fingerprint density at radius 3 is 2.72 bits per heavy atom. The molecule has 0 fully saturated rings. The number of ether oxygens (including phenoxy) is 1. The Bertz CT molecular complexity index is 1210. The van der Waals surface area contributed by atoms with E-state index in [9.17, 15) is 4.39 Å².